The summed E-state index contributed by atoms with van der Waals surface area (Å²) in [4.78, 5) is 9.25. The van der Waals surface area contributed by atoms with Crippen LogP contribution in [0.1, 0.15) is 36.6 Å². The fourth-order valence-corrected chi connectivity index (χ4v) is 4.84. The third kappa shape index (κ3) is 4.43. The van der Waals surface area contributed by atoms with E-state index in [0.29, 0.717) is 23.2 Å². The van der Waals surface area contributed by atoms with Crippen LogP contribution in [0.5, 0.6) is 11.5 Å². The molecule has 164 valence electrons. The topological polar surface area (TPSA) is 94.1 Å². The number of aromatic nitrogens is 4. The van der Waals surface area contributed by atoms with Crippen molar-refractivity contribution >= 4 is 44.7 Å². The molecule has 0 bridgehead atoms. The van der Waals surface area contributed by atoms with Crippen molar-refractivity contribution in [2.24, 2.45) is 0 Å². The van der Waals surface area contributed by atoms with Crippen LogP contribution in [0.15, 0.2) is 42.6 Å². The smallest absolute Gasteiger partial charge is 0.211 e. The van der Waals surface area contributed by atoms with Crippen molar-refractivity contribution in [2.75, 3.05) is 24.9 Å². The third-order valence-electron chi connectivity index (χ3n) is 5.56. The molecule has 5 rings (SSSR count). The molecule has 1 aliphatic carbocycles. The number of ether oxygens (including phenoxy) is 2. The third-order valence-corrected chi connectivity index (χ3v) is 6.56. The molecule has 0 amide bonds. The van der Waals surface area contributed by atoms with E-state index < -0.39 is 0 Å². The highest BCUT2D eigenvalue weighted by molar-refractivity contribution is 7.15. The van der Waals surface area contributed by atoms with Crippen molar-refractivity contribution in [3.8, 4) is 11.5 Å². The second-order valence-electron chi connectivity index (χ2n) is 7.74. The molecule has 0 spiro atoms. The second kappa shape index (κ2) is 8.96. The predicted octanol–water partition coefficient (Wildman–Crippen LogP) is 5.64. The molecule has 0 saturated heterocycles. The highest BCUT2D eigenvalue weighted by atomic mass is 32.1. The fraction of sp³-hybridized carbons (Fsp3) is 0.304. The number of pyridine rings is 2. The summed E-state index contributed by atoms with van der Waals surface area (Å²) in [6, 6.07) is 11.4. The molecular formula is C23H24N6O2S. The van der Waals surface area contributed by atoms with Crippen LogP contribution in [0.3, 0.4) is 0 Å². The molecular weight excluding hydrogens is 424 g/mol. The average molecular weight is 449 g/mol. The van der Waals surface area contributed by atoms with E-state index in [1.165, 1.54) is 25.7 Å². The number of hydrogen-bond donors (Lipinski definition) is 2. The first-order valence-corrected chi connectivity index (χ1v) is 11.4. The Hall–Kier alpha value is -3.46. The van der Waals surface area contributed by atoms with Gasteiger partial charge in [0.2, 0.25) is 5.13 Å². The van der Waals surface area contributed by atoms with Crippen LogP contribution in [0, 0.1) is 0 Å². The van der Waals surface area contributed by atoms with Crippen molar-refractivity contribution in [1.29, 1.82) is 0 Å². The Morgan fingerprint density at radius 1 is 0.875 bits per heavy atom. The molecule has 0 aliphatic heterocycles. The lowest BCUT2D eigenvalue weighted by Gasteiger charge is -2.11. The Kier molecular flexibility index (Phi) is 5.72. The molecule has 32 heavy (non-hydrogen) atoms. The van der Waals surface area contributed by atoms with Gasteiger partial charge in [-0.1, -0.05) is 24.2 Å². The van der Waals surface area contributed by atoms with Gasteiger partial charge in [-0.2, -0.15) is 0 Å². The summed E-state index contributed by atoms with van der Waals surface area (Å²) in [6.45, 7) is 0. The lowest BCUT2D eigenvalue weighted by Crippen LogP contribution is -1.97. The van der Waals surface area contributed by atoms with Crippen molar-refractivity contribution in [3.63, 3.8) is 0 Å². The van der Waals surface area contributed by atoms with E-state index in [2.05, 4.69) is 25.8 Å². The minimum absolute atomic E-state index is 0.556. The van der Waals surface area contributed by atoms with E-state index in [-0.39, 0.29) is 0 Å². The van der Waals surface area contributed by atoms with E-state index in [1.807, 2.05) is 36.4 Å². The number of benzene rings is 1. The number of anilines is 4. The maximum atomic E-state index is 5.35. The molecule has 4 aromatic rings. The zero-order valence-corrected chi connectivity index (χ0v) is 18.8. The first kappa shape index (κ1) is 20.4. The molecule has 0 unspecified atom stereocenters. The molecule has 0 atom stereocenters. The largest absolute Gasteiger partial charge is 0.497 e. The van der Waals surface area contributed by atoms with Crippen LogP contribution >= 0.6 is 11.3 Å². The van der Waals surface area contributed by atoms with E-state index in [1.54, 1.807) is 31.8 Å². The van der Waals surface area contributed by atoms with Gasteiger partial charge in [0.1, 0.15) is 22.3 Å². The summed E-state index contributed by atoms with van der Waals surface area (Å²) in [5.41, 5.74) is 3.24. The second-order valence-corrected chi connectivity index (χ2v) is 8.75. The van der Waals surface area contributed by atoms with Gasteiger partial charge in [-0.25, -0.2) is 4.98 Å². The summed E-state index contributed by atoms with van der Waals surface area (Å²) < 4.78 is 10.7. The summed E-state index contributed by atoms with van der Waals surface area (Å²) >= 11 is 1.62. The van der Waals surface area contributed by atoms with Gasteiger partial charge in [0.05, 0.1) is 37.1 Å². The SMILES string of the molecule is COc1cc(Nc2cnc3ccc(Nc4nnc(C5CCCC5)s4)nc3c2)cc(OC)c1. The van der Waals surface area contributed by atoms with Crippen LogP contribution in [0.4, 0.5) is 22.3 Å². The number of nitrogens with one attached hydrogen (secondary N) is 2. The molecule has 1 aliphatic rings. The number of hydrogen-bond acceptors (Lipinski definition) is 9. The molecule has 2 N–H and O–H groups in total. The van der Waals surface area contributed by atoms with Gasteiger partial charge in [-0.05, 0) is 31.0 Å². The highest BCUT2D eigenvalue weighted by Crippen LogP contribution is 2.37. The molecule has 3 heterocycles. The first-order valence-electron chi connectivity index (χ1n) is 10.6. The average Bonchev–Trinajstić information content (AvgIpc) is 3.51. The minimum atomic E-state index is 0.556. The molecule has 0 radical (unpaired) electrons. The van der Waals surface area contributed by atoms with Gasteiger partial charge in [0.15, 0.2) is 0 Å². The number of methoxy groups -OCH3 is 2. The lowest BCUT2D eigenvalue weighted by molar-refractivity contribution is 0.395. The van der Waals surface area contributed by atoms with E-state index >= 15 is 0 Å². The Bertz CT molecular complexity index is 1220. The Morgan fingerprint density at radius 2 is 1.66 bits per heavy atom. The summed E-state index contributed by atoms with van der Waals surface area (Å²) in [5, 5.41) is 17.2. The molecule has 1 aromatic carbocycles. The molecule has 9 heteroatoms. The van der Waals surface area contributed by atoms with Crippen molar-refractivity contribution in [1.82, 2.24) is 20.2 Å². The van der Waals surface area contributed by atoms with E-state index in [4.69, 9.17) is 14.5 Å². The predicted molar refractivity (Wildman–Crippen MR) is 127 cm³/mol. The maximum absolute atomic E-state index is 5.35. The van der Waals surface area contributed by atoms with Crippen molar-refractivity contribution < 1.29 is 9.47 Å². The monoisotopic (exact) mass is 448 g/mol. The van der Waals surface area contributed by atoms with Gasteiger partial charge in [0, 0.05) is 29.8 Å². The van der Waals surface area contributed by atoms with Gasteiger partial charge in [0.25, 0.3) is 0 Å². The summed E-state index contributed by atoms with van der Waals surface area (Å²) in [6.07, 6.45) is 6.77. The van der Waals surface area contributed by atoms with Crippen molar-refractivity contribution in [3.05, 3.63) is 47.6 Å². The summed E-state index contributed by atoms with van der Waals surface area (Å²) in [7, 11) is 3.26. The Labute approximate surface area is 190 Å². The van der Waals surface area contributed by atoms with Crippen LogP contribution in [0.2, 0.25) is 0 Å². The molecule has 1 saturated carbocycles. The molecule has 8 nitrogen and oxygen atoms in total. The van der Waals surface area contributed by atoms with E-state index in [0.717, 1.165) is 32.5 Å². The van der Waals surface area contributed by atoms with Gasteiger partial charge in [-0.3, -0.25) is 4.98 Å². The Balaban J connectivity index is 1.36. The van der Waals surface area contributed by atoms with Crippen LogP contribution in [-0.2, 0) is 0 Å². The zero-order chi connectivity index (χ0) is 21.9. The lowest BCUT2D eigenvalue weighted by atomic mass is 10.1. The van der Waals surface area contributed by atoms with Gasteiger partial charge in [-0.15, -0.1) is 10.2 Å². The van der Waals surface area contributed by atoms with Crippen LogP contribution < -0.4 is 20.1 Å². The number of fused-ring (bicyclic) bond motifs is 1. The Morgan fingerprint density at radius 3 is 2.41 bits per heavy atom. The van der Waals surface area contributed by atoms with E-state index in [9.17, 15) is 0 Å². The fourth-order valence-electron chi connectivity index (χ4n) is 3.92. The first-order chi connectivity index (χ1) is 15.7. The van der Waals surface area contributed by atoms with Crippen molar-refractivity contribution in [2.45, 2.75) is 31.6 Å². The highest BCUT2D eigenvalue weighted by Gasteiger charge is 2.21. The number of nitrogens with zero attached hydrogens (tertiary/aromatic N) is 4. The minimum Gasteiger partial charge on any atom is -0.497 e. The van der Waals surface area contributed by atoms with Crippen LogP contribution in [-0.4, -0.2) is 34.4 Å². The van der Waals surface area contributed by atoms with Gasteiger partial charge < -0.3 is 20.1 Å². The van der Waals surface area contributed by atoms with Crippen LogP contribution in [0.25, 0.3) is 11.0 Å². The number of rotatable bonds is 7. The standard InChI is InChI=1S/C23H24N6O2S/c1-30-17-9-15(10-18(12-17)31-2)25-16-11-20-19(24-13-16)7-8-21(26-20)27-23-29-28-22(32-23)14-5-3-4-6-14/h7-14,25H,3-6H2,1-2H3,(H,26,27,29). The molecule has 1 fully saturated rings. The molecule has 3 aromatic heterocycles. The zero-order valence-electron chi connectivity index (χ0n) is 18.0. The normalized spacial score (nSPS) is 13.9. The van der Waals surface area contributed by atoms with Gasteiger partial charge >= 0.3 is 0 Å². The quantitative estimate of drug-likeness (QED) is 0.375. The maximum Gasteiger partial charge on any atom is 0.211 e. The summed E-state index contributed by atoms with van der Waals surface area (Å²) in [5.74, 6) is 2.69.